The molecule has 0 aromatic heterocycles. The predicted molar refractivity (Wildman–Crippen MR) is 65.3 cm³/mol. The third-order valence-corrected chi connectivity index (χ3v) is 0.945. The zero-order valence-electron chi connectivity index (χ0n) is 9.26. The van der Waals surface area contributed by atoms with E-state index in [2.05, 4.69) is 0 Å². The molecule has 0 atom stereocenters. The van der Waals surface area contributed by atoms with Crippen molar-refractivity contribution in [3.63, 3.8) is 0 Å². The van der Waals surface area contributed by atoms with Gasteiger partial charge in [0.25, 0.3) is 0 Å². The number of hydrogen-bond acceptors (Lipinski definition) is 2. The summed E-state index contributed by atoms with van der Waals surface area (Å²) in [6.07, 6.45) is 0. The molecule has 0 unspecified atom stereocenters. The molecule has 0 bridgehead atoms. The summed E-state index contributed by atoms with van der Waals surface area (Å²) < 4.78 is 0. The highest BCUT2D eigenvalue weighted by atomic mass is 16.2. The van der Waals surface area contributed by atoms with Crippen molar-refractivity contribution in [3.05, 3.63) is 0 Å². The summed E-state index contributed by atoms with van der Waals surface area (Å²) in [5, 5.41) is 0. The number of imide groups is 1. The fourth-order valence-corrected chi connectivity index (χ4v) is 0.222. The minimum Gasteiger partial charge on any atom is -0.286 e. The van der Waals surface area contributed by atoms with Gasteiger partial charge in [-0.05, 0) is 0 Å². The van der Waals surface area contributed by atoms with Gasteiger partial charge in [-0.25, -0.2) is 0 Å². The number of carbonyl (C=O) groups excluding carboxylic acids is 2. The molecule has 0 saturated carbocycles. The number of carbonyl (C=O) groups is 2. The van der Waals surface area contributed by atoms with E-state index in [9.17, 15) is 9.59 Å². The summed E-state index contributed by atoms with van der Waals surface area (Å²) in [7, 11) is 1.45. The van der Waals surface area contributed by atoms with Crippen LogP contribution >= 0.6 is 0 Å². The van der Waals surface area contributed by atoms with E-state index >= 15 is 0 Å². The summed E-state index contributed by atoms with van der Waals surface area (Å²) in [5.41, 5.74) is 0. The standard InChI is InChI=1S/C5H9NO2.2C2H6.2CH4/c1-4(7)6(3)5(2)8;2*1-2;;/h1-3H3;2*1-2H3;2*1H4. The highest BCUT2D eigenvalue weighted by Crippen LogP contribution is 1.81. The highest BCUT2D eigenvalue weighted by molar-refractivity contribution is 5.92. The van der Waals surface area contributed by atoms with Crippen LogP contribution in [0.5, 0.6) is 0 Å². The molecule has 0 spiro atoms. The maximum atomic E-state index is 10.3. The van der Waals surface area contributed by atoms with Gasteiger partial charge in [-0.15, -0.1) is 0 Å². The van der Waals surface area contributed by atoms with E-state index < -0.39 is 0 Å². The summed E-state index contributed by atoms with van der Waals surface area (Å²) in [6, 6.07) is 0. The summed E-state index contributed by atoms with van der Waals surface area (Å²) in [6.45, 7) is 10.7. The van der Waals surface area contributed by atoms with Crippen LogP contribution in [0.15, 0.2) is 0 Å². The van der Waals surface area contributed by atoms with Gasteiger partial charge in [-0.2, -0.15) is 0 Å². The monoisotopic (exact) mass is 207 g/mol. The van der Waals surface area contributed by atoms with E-state index in [1.807, 2.05) is 27.7 Å². The van der Waals surface area contributed by atoms with E-state index in [4.69, 9.17) is 0 Å². The van der Waals surface area contributed by atoms with Crippen LogP contribution in [0.4, 0.5) is 0 Å². The second-order valence-electron chi connectivity index (χ2n) is 1.60. The average Bonchev–Trinajstić information content (AvgIpc) is 2.10. The molecule has 0 radical (unpaired) electrons. The van der Waals surface area contributed by atoms with Gasteiger partial charge in [-0.1, -0.05) is 42.5 Å². The molecule has 0 aromatic rings. The molecule has 3 nitrogen and oxygen atoms in total. The first-order valence-electron chi connectivity index (χ1n) is 4.30. The van der Waals surface area contributed by atoms with Gasteiger partial charge in [0.05, 0.1) is 0 Å². The van der Waals surface area contributed by atoms with Crippen molar-refractivity contribution >= 4 is 11.8 Å². The largest absolute Gasteiger partial charge is 0.286 e. The van der Waals surface area contributed by atoms with Crippen molar-refractivity contribution in [3.8, 4) is 0 Å². The van der Waals surface area contributed by atoms with Crippen LogP contribution in [0.2, 0.25) is 0 Å². The van der Waals surface area contributed by atoms with Crippen molar-refractivity contribution in [2.45, 2.75) is 56.4 Å². The number of hydrogen-bond donors (Lipinski definition) is 0. The molecule has 0 aliphatic carbocycles. The normalized spacial score (nSPS) is 5.64. The Morgan fingerprint density at radius 3 is 0.929 bits per heavy atom. The minimum absolute atomic E-state index is 0. The van der Waals surface area contributed by atoms with Crippen LogP contribution in [0.1, 0.15) is 56.4 Å². The zero-order chi connectivity index (χ0) is 10.7. The maximum Gasteiger partial charge on any atom is 0.225 e. The fourth-order valence-electron chi connectivity index (χ4n) is 0.222. The summed E-state index contributed by atoms with van der Waals surface area (Å²) >= 11 is 0. The molecule has 3 heteroatoms. The van der Waals surface area contributed by atoms with Crippen molar-refractivity contribution < 1.29 is 9.59 Å². The van der Waals surface area contributed by atoms with Crippen LogP contribution in [-0.4, -0.2) is 23.8 Å². The molecule has 14 heavy (non-hydrogen) atoms. The molecule has 0 aliphatic heterocycles. The van der Waals surface area contributed by atoms with Crippen molar-refractivity contribution in [2.24, 2.45) is 0 Å². The molecule has 90 valence electrons. The number of nitrogens with zero attached hydrogens (tertiary/aromatic N) is 1. The van der Waals surface area contributed by atoms with Crippen LogP contribution in [0.25, 0.3) is 0 Å². The van der Waals surface area contributed by atoms with Gasteiger partial charge in [0, 0.05) is 20.9 Å². The Balaban J connectivity index is -0.0000000400. The molecular formula is C11H29NO2. The van der Waals surface area contributed by atoms with Gasteiger partial charge in [0.15, 0.2) is 0 Å². The smallest absolute Gasteiger partial charge is 0.225 e. The topological polar surface area (TPSA) is 37.4 Å². The summed E-state index contributed by atoms with van der Waals surface area (Å²) in [5.74, 6) is -0.449. The van der Waals surface area contributed by atoms with Crippen molar-refractivity contribution in [1.29, 1.82) is 0 Å². The van der Waals surface area contributed by atoms with Crippen LogP contribution < -0.4 is 0 Å². The van der Waals surface area contributed by atoms with Gasteiger partial charge >= 0.3 is 0 Å². The van der Waals surface area contributed by atoms with Gasteiger partial charge in [0.2, 0.25) is 11.8 Å². The molecule has 2 amide bonds. The van der Waals surface area contributed by atoms with Crippen molar-refractivity contribution in [2.75, 3.05) is 7.05 Å². The fraction of sp³-hybridized carbons (Fsp3) is 0.818. The second-order valence-corrected chi connectivity index (χ2v) is 1.60. The highest BCUT2D eigenvalue weighted by Gasteiger charge is 2.04. The maximum absolute atomic E-state index is 10.3. The molecule has 0 aromatic carbocycles. The third kappa shape index (κ3) is 22.5. The van der Waals surface area contributed by atoms with E-state index in [0.29, 0.717) is 0 Å². The Labute approximate surface area is 90.5 Å². The van der Waals surface area contributed by atoms with Gasteiger partial charge in [0.1, 0.15) is 0 Å². The third-order valence-electron chi connectivity index (χ3n) is 0.945. The zero-order valence-corrected chi connectivity index (χ0v) is 9.26. The molecular weight excluding hydrogens is 178 g/mol. The molecule has 0 saturated heterocycles. The minimum atomic E-state index is -0.225. The molecule has 0 fully saturated rings. The van der Waals surface area contributed by atoms with E-state index in [1.165, 1.54) is 20.9 Å². The first kappa shape index (κ1) is 29.2. The predicted octanol–water partition coefficient (Wildman–Crippen LogP) is 3.34. The Morgan fingerprint density at radius 2 is 0.929 bits per heavy atom. The van der Waals surface area contributed by atoms with Crippen LogP contribution in [0, 0.1) is 0 Å². The van der Waals surface area contributed by atoms with E-state index in [1.54, 1.807) is 0 Å². The molecule has 0 N–H and O–H groups in total. The molecule has 0 heterocycles. The summed E-state index contributed by atoms with van der Waals surface area (Å²) in [4.78, 5) is 21.6. The number of rotatable bonds is 0. The number of amides is 2. The van der Waals surface area contributed by atoms with E-state index in [-0.39, 0.29) is 26.7 Å². The van der Waals surface area contributed by atoms with Gasteiger partial charge in [-0.3, -0.25) is 14.5 Å². The first-order chi connectivity index (χ1) is 5.55. The van der Waals surface area contributed by atoms with Crippen LogP contribution in [0.3, 0.4) is 0 Å². The van der Waals surface area contributed by atoms with Gasteiger partial charge < -0.3 is 0 Å². The van der Waals surface area contributed by atoms with Crippen LogP contribution in [-0.2, 0) is 9.59 Å². The Kier molecular flexibility index (Phi) is 47.5. The lowest BCUT2D eigenvalue weighted by atomic mass is 10.5. The SMILES string of the molecule is C.C.CC.CC.CC(=O)N(C)C(C)=O. The first-order valence-corrected chi connectivity index (χ1v) is 4.30. The lowest BCUT2D eigenvalue weighted by Crippen LogP contribution is -2.28. The van der Waals surface area contributed by atoms with E-state index in [0.717, 1.165) is 4.90 Å². The second kappa shape index (κ2) is 22.7. The van der Waals surface area contributed by atoms with Crippen molar-refractivity contribution in [1.82, 2.24) is 4.90 Å². The lowest BCUT2D eigenvalue weighted by molar-refractivity contribution is -0.140. The molecule has 0 rings (SSSR count). The Morgan fingerprint density at radius 1 is 0.786 bits per heavy atom. The Bertz CT molecular complexity index is 108. The lowest BCUT2D eigenvalue weighted by Gasteiger charge is -2.07. The quantitative estimate of drug-likeness (QED) is 0.611. The Hall–Kier alpha value is -0.860. The average molecular weight is 207 g/mol. The molecule has 0 aliphatic rings.